The first kappa shape index (κ1) is 31.2. The summed E-state index contributed by atoms with van der Waals surface area (Å²) in [6, 6.07) is 23.6. The first-order valence-corrected chi connectivity index (χ1v) is 17.5. The number of fused-ring (bicyclic) bond motifs is 1. The highest BCUT2D eigenvalue weighted by molar-refractivity contribution is 7.86. The third-order valence-electron chi connectivity index (χ3n) is 8.99. The molecule has 7 rings (SSSR count). The van der Waals surface area contributed by atoms with E-state index in [1.165, 1.54) is 6.07 Å². The maximum Gasteiger partial charge on any atom is 0.296 e. The number of rotatable bonds is 10. The lowest BCUT2D eigenvalue weighted by molar-refractivity contribution is 0.226. The summed E-state index contributed by atoms with van der Waals surface area (Å²) >= 11 is 0. The summed E-state index contributed by atoms with van der Waals surface area (Å²) in [5.41, 5.74) is 4.30. The zero-order valence-corrected chi connectivity index (χ0v) is 27.2. The Bertz CT molecular complexity index is 1960. The van der Waals surface area contributed by atoms with Crippen molar-refractivity contribution in [2.45, 2.75) is 37.1 Å². The Morgan fingerprint density at radius 2 is 1.72 bits per heavy atom. The van der Waals surface area contributed by atoms with Crippen LogP contribution in [0.5, 0.6) is 0 Å². The predicted molar refractivity (Wildman–Crippen MR) is 180 cm³/mol. The smallest absolute Gasteiger partial charge is 0.296 e. The molecule has 2 fully saturated rings. The van der Waals surface area contributed by atoms with Crippen molar-refractivity contribution in [2.75, 3.05) is 55.7 Å². The summed E-state index contributed by atoms with van der Waals surface area (Å²) < 4.78 is 46.1. The molecule has 10 nitrogen and oxygen atoms in total. The summed E-state index contributed by atoms with van der Waals surface area (Å²) in [5.74, 6) is 1.50. The number of hydrogen-bond acceptors (Lipinski definition) is 9. The zero-order valence-electron chi connectivity index (χ0n) is 26.4. The summed E-state index contributed by atoms with van der Waals surface area (Å²) in [5, 5.41) is 4.99. The van der Waals surface area contributed by atoms with E-state index in [1.807, 2.05) is 54.0 Å². The predicted octanol–water partition coefficient (Wildman–Crippen LogP) is 5.50. The number of hydrogen-bond donors (Lipinski definition) is 0. The monoisotopic (exact) mass is 655 g/mol. The average Bonchev–Trinajstić information content (AvgIpc) is 3.75. The fourth-order valence-electron chi connectivity index (χ4n) is 6.47. The van der Waals surface area contributed by atoms with Gasteiger partial charge < -0.3 is 9.80 Å². The van der Waals surface area contributed by atoms with Gasteiger partial charge in [0.25, 0.3) is 10.1 Å². The highest BCUT2D eigenvalue weighted by atomic mass is 32.2. The first-order valence-electron chi connectivity index (χ1n) is 16.1. The molecule has 5 aromatic rings. The molecule has 0 radical (unpaired) electrons. The highest BCUT2D eigenvalue weighted by Crippen LogP contribution is 2.36. The molecule has 1 unspecified atom stereocenters. The number of aromatic nitrogens is 4. The minimum absolute atomic E-state index is 0.0713. The summed E-state index contributed by atoms with van der Waals surface area (Å²) in [4.78, 5) is 16.6. The van der Waals surface area contributed by atoms with Crippen LogP contribution in [0.2, 0.25) is 0 Å². The number of halogens is 1. The Balaban J connectivity index is 0.980. The van der Waals surface area contributed by atoms with Gasteiger partial charge in [0, 0.05) is 39.3 Å². The average molecular weight is 656 g/mol. The Morgan fingerprint density at radius 1 is 0.915 bits per heavy atom. The molecule has 2 aliphatic rings. The van der Waals surface area contributed by atoms with Crippen molar-refractivity contribution in [3.63, 3.8) is 0 Å². The van der Waals surface area contributed by atoms with Crippen LogP contribution < -0.4 is 9.80 Å². The third kappa shape index (κ3) is 6.85. The largest absolute Gasteiger partial charge is 0.354 e. The van der Waals surface area contributed by atoms with Crippen molar-refractivity contribution < 1.29 is 17.0 Å². The molecule has 1 atom stereocenters. The Hall–Kier alpha value is -4.39. The minimum Gasteiger partial charge on any atom is -0.354 e. The van der Waals surface area contributed by atoms with Gasteiger partial charge in [0.2, 0.25) is 0 Å². The molecule has 0 saturated carbocycles. The molecule has 12 heteroatoms. The van der Waals surface area contributed by atoms with Gasteiger partial charge in [-0.15, -0.1) is 5.10 Å². The van der Waals surface area contributed by atoms with Crippen LogP contribution in [0, 0.1) is 12.7 Å². The number of nitrogens with zero attached hydrogens (tertiary/aromatic N) is 7. The van der Waals surface area contributed by atoms with E-state index in [1.54, 1.807) is 36.4 Å². The number of imidazole rings is 1. The topological polar surface area (TPSA) is 96.2 Å². The van der Waals surface area contributed by atoms with Gasteiger partial charge in [0.05, 0.1) is 29.4 Å². The van der Waals surface area contributed by atoms with E-state index in [2.05, 4.69) is 19.7 Å². The van der Waals surface area contributed by atoms with Crippen molar-refractivity contribution in [2.24, 2.45) is 0 Å². The minimum atomic E-state index is -3.74. The molecule has 2 saturated heterocycles. The number of anilines is 2. The van der Waals surface area contributed by atoms with Crippen LogP contribution in [-0.2, 0) is 14.3 Å². The molecular formula is C35H38FN7O3S. The molecule has 244 valence electrons. The molecule has 3 aromatic heterocycles. The fraction of sp³-hybridized carbons (Fsp3) is 0.343. The number of pyridine rings is 1. The molecule has 0 bridgehead atoms. The summed E-state index contributed by atoms with van der Waals surface area (Å²) in [6.45, 7) is 6.99. The molecule has 2 aromatic carbocycles. The lowest BCUT2D eigenvalue weighted by Gasteiger charge is -2.35. The lowest BCUT2D eigenvalue weighted by Crippen LogP contribution is -2.47. The molecule has 0 spiro atoms. The van der Waals surface area contributed by atoms with Gasteiger partial charge in [-0.05, 0) is 80.3 Å². The van der Waals surface area contributed by atoms with E-state index in [4.69, 9.17) is 14.3 Å². The van der Waals surface area contributed by atoms with Crippen LogP contribution in [0.25, 0.3) is 17.0 Å². The van der Waals surface area contributed by atoms with Gasteiger partial charge in [-0.3, -0.25) is 9.08 Å². The standard InChI is InChI=1S/C35H38FN7O3S/c1-26-11-13-29(14-12-26)47(44,45)46-23-5-17-40-19-21-41(22-20-40)34-10-3-8-30(38-34)32-25-37-33-15-16-35(39-43(32)33)42-18-4-9-31(42)27-6-2-7-28(36)24-27/h2-3,6-8,10-16,24-25,31H,4-5,9,17-23H2,1H3. The van der Waals surface area contributed by atoms with Crippen molar-refractivity contribution in [3.8, 4) is 11.4 Å². The fourth-order valence-corrected chi connectivity index (χ4v) is 7.41. The molecular weight excluding hydrogens is 617 g/mol. The molecule has 0 aliphatic carbocycles. The van der Waals surface area contributed by atoms with Gasteiger partial charge >= 0.3 is 0 Å². The van der Waals surface area contributed by atoms with Crippen molar-refractivity contribution in [3.05, 3.63) is 102 Å². The number of piperazine rings is 1. The summed E-state index contributed by atoms with van der Waals surface area (Å²) in [7, 11) is -3.74. The van der Waals surface area contributed by atoms with Crippen LogP contribution in [-0.4, -0.2) is 78.8 Å². The van der Waals surface area contributed by atoms with Crippen LogP contribution in [0.1, 0.15) is 36.4 Å². The number of benzene rings is 2. The highest BCUT2D eigenvalue weighted by Gasteiger charge is 2.28. The van der Waals surface area contributed by atoms with E-state index in [0.717, 1.165) is 91.9 Å². The van der Waals surface area contributed by atoms with Crippen LogP contribution in [0.4, 0.5) is 16.0 Å². The van der Waals surface area contributed by atoms with Gasteiger partial charge in [-0.1, -0.05) is 35.9 Å². The van der Waals surface area contributed by atoms with Gasteiger partial charge in [0.15, 0.2) is 5.65 Å². The van der Waals surface area contributed by atoms with E-state index >= 15 is 0 Å². The van der Waals surface area contributed by atoms with Crippen LogP contribution in [0.3, 0.4) is 0 Å². The second-order valence-corrected chi connectivity index (χ2v) is 13.8. The van der Waals surface area contributed by atoms with E-state index in [-0.39, 0.29) is 23.4 Å². The quantitative estimate of drug-likeness (QED) is 0.143. The van der Waals surface area contributed by atoms with E-state index in [0.29, 0.717) is 6.42 Å². The Morgan fingerprint density at radius 3 is 2.53 bits per heavy atom. The Kier molecular flexibility index (Phi) is 8.89. The van der Waals surface area contributed by atoms with E-state index < -0.39 is 10.1 Å². The molecule has 0 N–H and O–H groups in total. The van der Waals surface area contributed by atoms with Crippen molar-refractivity contribution >= 4 is 27.4 Å². The second-order valence-electron chi connectivity index (χ2n) is 12.2. The van der Waals surface area contributed by atoms with E-state index in [9.17, 15) is 12.8 Å². The van der Waals surface area contributed by atoms with Crippen LogP contribution in [0.15, 0.2) is 90.0 Å². The molecule has 47 heavy (non-hydrogen) atoms. The molecule has 0 amide bonds. The maximum atomic E-state index is 14.0. The molecule has 2 aliphatic heterocycles. The lowest BCUT2D eigenvalue weighted by atomic mass is 10.0. The SMILES string of the molecule is Cc1ccc(S(=O)(=O)OCCCN2CCN(c3cccc(-c4cnc5ccc(N6CCCC6c6cccc(F)c6)nn45)n3)CC2)cc1. The zero-order chi connectivity index (χ0) is 32.4. The normalized spacial score (nSPS) is 17.5. The van der Waals surface area contributed by atoms with Crippen molar-refractivity contribution in [1.29, 1.82) is 0 Å². The number of aryl methyl sites for hydroxylation is 1. The maximum absolute atomic E-state index is 14.0. The second kappa shape index (κ2) is 13.4. The van der Waals surface area contributed by atoms with Gasteiger partial charge in [-0.2, -0.15) is 8.42 Å². The summed E-state index contributed by atoms with van der Waals surface area (Å²) in [6.07, 6.45) is 4.40. The third-order valence-corrected chi connectivity index (χ3v) is 10.3. The van der Waals surface area contributed by atoms with Crippen molar-refractivity contribution in [1.82, 2.24) is 24.5 Å². The van der Waals surface area contributed by atoms with Gasteiger partial charge in [-0.25, -0.2) is 18.9 Å². The first-order chi connectivity index (χ1) is 22.8. The Labute approximate surface area is 274 Å². The molecule has 5 heterocycles. The van der Waals surface area contributed by atoms with Gasteiger partial charge in [0.1, 0.15) is 23.1 Å². The van der Waals surface area contributed by atoms with Crippen LogP contribution >= 0.6 is 0 Å².